The highest BCUT2D eigenvalue weighted by molar-refractivity contribution is 6.15. The first-order valence-corrected chi connectivity index (χ1v) is 10.8. The number of carbonyl (C=O) groups excluding carboxylic acids is 4. The molecule has 1 fully saturated rings. The van der Waals surface area contributed by atoms with E-state index in [9.17, 15) is 19.2 Å². The molecule has 8 heteroatoms. The number of fused-ring (bicyclic) bond motifs is 3. The number of hydrogen-bond acceptors (Lipinski definition) is 5. The molecular weight excluding hydrogens is 398 g/mol. The molecule has 2 heterocycles. The normalized spacial score (nSPS) is 20.4. The zero-order valence-electron chi connectivity index (χ0n) is 19.0. The number of rotatable bonds is 6. The van der Waals surface area contributed by atoms with E-state index in [-0.39, 0.29) is 48.7 Å². The van der Waals surface area contributed by atoms with Crippen LogP contribution in [0.2, 0.25) is 0 Å². The Kier molecular flexibility index (Phi) is 6.11. The van der Waals surface area contributed by atoms with Crippen molar-refractivity contribution in [1.29, 1.82) is 0 Å². The Morgan fingerprint density at radius 1 is 1.06 bits per heavy atom. The van der Waals surface area contributed by atoms with E-state index < -0.39 is 18.2 Å². The van der Waals surface area contributed by atoms with Crippen molar-refractivity contribution in [2.24, 2.45) is 0 Å². The summed E-state index contributed by atoms with van der Waals surface area (Å²) in [7, 11) is 0. The van der Waals surface area contributed by atoms with E-state index in [2.05, 4.69) is 0 Å². The van der Waals surface area contributed by atoms with Gasteiger partial charge in [0, 0.05) is 31.0 Å². The maximum Gasteiger partial charge on any atom is 0.354 e. The average molecular weight is 430 g/mol. The summed E-state index contributed by atoms with van der Waals surface area (Å²) in [4.78, 5) is 56.9. The number of carbonyl (C=O) groups is 4. The van der Waals surface area contributed by atoms with Crippen LogP contribution >= 0.6 is 0 Å². The quantitative estimate of drug-likeness (QED) is 0.649. The van der Waals surface area contributed by atoms with Crippen molar-refractivity contribution in [2.75, 3.05) is 11.5 Å². The number of esters is 1. The van der Waals surface area contributed by atoms with E-state index in [4.69, 9.17) is 4.74 Å². The van der Waals surface area contributed by atoms with Crippen molar-refractivity contribution in [1.82, 2.24) is 9.80 Å². The Balaban J connectivity index is 1.98. The number of para-hydroxylation sites is 1. The van der Waals surface area contributed by atoms with Crippen LogP contribution in [0.3, 0.4) is 0 Å². The first-order chi connectivity index (χ1) is 14.5. The van der Waals surface area contributed by atoms with Crippen LogP contribution in [0, 0.1) is 0 Å². The predicted octanol–water partition coefficient (Wildman–Crippen LogP) is 2.56. The molecule has 1 saturated heterocycles. The number of anilines is 1. The van der Waals surface area contributed by atoms with Crippen LogP contribution in [0.5, 0.6) is 0 Å². The SMILES string of the molecule is CC(C)N(C(=O)COC(=O)[C@@]12CCC(=O)N1c1ccccc1C(=O)N2C(C)C)C(C)C. The highest BCUT2D eigenvalue weighted by Gasteiger charge is 2.62. The molecule has 1 atom stereocenters. The van der Waals surface area contributed by atoms with E-state index >= 15 is 0 Å². The standard InChI is InChI=1S/C23H31N3O5/c1-14(2)24(15(3)4)20(28)13-31-22(30)23-12-11-19(27)26(23)18-10-8-7-9-17(18)21(29)25(23)16(5)6/h7-10,14-16H,11-13H2,1-6H3/t23-/m1/s1. The van der Waals surface area contributed by atoms with Gasteiger partial charge >= 0.3 is 5.97 Å². The molecule has 2 aliphatic rings. The van der Waals surface area contributed by atoms with E-state index in [0.29, 0.717) is 11.3 Å². The summed E-state index contributed by atoms with van der Waals surface area (Å²) in [5, 5.41) is 0. The van der Waals surface area contributed by atoms with Crippen LogP contribution in [0.15, 0.2) is 24.3 Å². The molecule has 0 aromatic heterocycles. The van der Waals surface area contributed by atoms with Crippen LogP contribution < -0.4 is 4.90 Å². The summed E-state index contributed by atoms with van der Waals surface area (Å²) in [6.45, 7) is 10.7. The molecule has 0 unspecified atom stereocenters. The molecule has 1 aromatic carbocycles. The molecule has 0 radical (unpaired) electrons. The second-order valence-corrected chi connectivity index (χ2v) is 8.90. The summed E-state index contributed by atoms with van der Waals surface area (Å²) in [6, 6.07) is 6.31. The van der Waals surface area contributed by atoms with Gasteiger partial charge in [-0.05, 0) is 53.7 Å². The molecule has 2 aliphatic heterocycles. The van der Waals surface area contributed by atoms with E-state index in [1.54, 1.807) is 43.0 Å². The van der Waals surface area contributed by atoms with Crippen LogP contribution in [0.25, 0.3) is 0 Å². The Labute approximate surface area is 183 Å². The third kappa shape index (κ3) is 3.58. The van der Waals surface area contributed by atoms with E-state index in [1.165, 1.54) is 9.80 Å². The van der Waals surface area contributed by atoms with Crippen molar-refractivity contribution in [3.05, 3.63) is 29.8 Å². The topological polar surface area (TPSA) is 87.2 Å². The number of nitrogens with zero attached hydrogens (tertiary/aromatic N) is 3. The second-order valence-electron chi connectivity index (χ2n) is 8.90. The summed E-state index contributed by atoms with van der Waals surface area (Å²) in [5.41, 5.74) is -0.810. The summed E-state index contributed by atoms with van der Waals surface area (Å²) in [5.74, 6) is -1.65. The fraction of sp³-hybridized carbons (Fsp3) is 0.565. The van der Waals surface area contributed by atoms with Crippen LogP contribution in [-0.4, -0.2) is 63.9 Å². The van der Waals surface area contributed by atoms with Crippen LogP contribution in [0.1, 0.15) is 64.7 Å². The lowest BCUT2D eigenvalue weighted by atomic mass is 9.95. The Morgan fingerprint density at radius 2 is 1.68 bits per heavy atom. The second kappa shape index (κ2) is 8.32. The molecule has 1 aromatic rings. The molecule has 0 saturated carbocycles. The Bertz CT molecular complexity index is 902. The van der Waals surface area contributed by atoms with Crippen molar-refractivity contribution >= 4 is 29.4 Å². The maximum atomic E-state index is 13.5. The number of ether oxygens (including phenoxy) is 1. The van der Waals surface area contributed by atoms with Crippen molar-refractivity contribution < 1.29 is 23.9 Å². The first-order valence-electron chi connectivity index (χ1n) is 10.8. The molecule has 0 spiro atoms. The van der Waals surface area contributed by atoms with Gasteiger partial charge < -0.3 is 14.5 Å². The molecule has 0 bridgehead atoms. The van der Waals surface area contributed by atoms with Gasteiger partial charge in [0.1, 0.15) is 0 Å². The average Bonchev–Trinajstić information content (AvgIpc) is 3.03. The number of benzene rings is 1. The highest BCUT2D eigenvalue weighted by Crippen LogP contribution is 2.45. The molecule has 0 aliphatic carbocycles. The number of hydrogen-bond donors (Lipinski definition) is 0. The molecule has 168 valence electrons. The summed E-state index contributed by atoms with van der Waals surface area (Å²) in [6.07, 6.45) is 0.229. The van der Waals surface area contributed by atoms with Crippen LogP contribution in [-0.2, 0) is 19.1 Å². The van der Waals surface area contributed by atoms with Crippen LogP contribution in [0.4, 0.5) is 5.69 Å². The molecule has 3 rings (SSSR count). The molecule has 8 nitrogen and oxygen atoms in total. The molecule has 0 N–H and O–H groups in total. The van der Waals surface area contributed by atoms with Gasteiger partial charge in [-0.3, -0.25) is 19.3 Å². The van der Waals surface area contributed by atoms with Gasteiger partial charge in [-0.15, -0.1) is 0 Å². The van der Waals surface area contributed by atoms with E-state index in [1.807, 2.05) is 27.7 Å². The largest absolute Gasteiger partial charge is 0.452 e. The molecular formula is C23H31N3O5. The van der Waals surface area contributed by atoms with Gasteiger partial charge in [0.05, 0.1) is 11.3 Å². The van der Waals surface area contributed by atoms with Gasteiger partial charge in [-0.1, -0.05) is 12.1 Å². The van der Waals surface area contributed by atoms with E-state index in [0.717, 1.165) is 0 Å². The van der Waals surface area contributed by atoms with Crippen molar-refractivity contribution in [3.63, 3.8) is 0 Å². The van der Waals surface area contributed by atoms with Crippen molar-refractivity contribution in [3.8, 4) is 0 Å². The minimum absolute atomic E-state index is 0.0516. The third-order valence-corrected chi connectivity index (χ3v) is 5.87. The lowest BCUT2D eigenvalue weighted by Gasteiger charge is -2.50. The molecule has 3 amide bonds. The fourth-order valence-electron chi connectivity index (χ4n) is 4.86. The predicted molar refractivity (Wildman–Crippen MR) is 115 cm³/mol. The smallest absolute Gasteiger partial charge is 0.354 e. The first kappa shape index (κ1) is 22.8. The summed E-state index contributed by atoms with van der Waals surface area (Å²) >= 11 is 0. The van der Waals surface area contributed by atoms with Gasteiger partial charge in [0.2, 0.25) is 11.6 Å². The lowest BCUT2D eigenvalue weighted by molar-refractivity contribution is -0.164. The van der Waals surface area contributed by atoms with Crippen molar-refractivity contribution in [2.45, 2.75) is 78.2 Å². The number of amides is 3. The minimum atomic E-state index is -1.59. The Hall–Kier alpha value is -2.90. The lowest BCUT2D eigenvalue weighted by Crippen LogP contribution is -2.70. The highest BCUT2D eigenvalue weighted by atomic mass is 16.5. The molecule has 31 heavy (non-hydrogen) atoms. The monoisotopic (exact) mass is 429 g/mol. The van der Waals surface area contributed by atoms with Gasteiger partial charge in [0.25, 0.3) is 11.8 Å². The maximum absolute atomic E-state index is 13.5. The van der Waals surface area contributed by atoms with Gasteiger partial charge in [-0.25, -0.2) is 4.79 Å². The zero-order valence-corrected chi connectivity index (χ0v) is 19.0. The summed E-state index contributed by atoms with van der Waals surface area (Å²) < 4.78 is 5.50. The fourth-order valence-corrected chi connectivity index (χ4v) is 4.86. The van der Waals surface area contributed by atoms with Gasteiger partial charge in [0.15, 0.2) is 6.61 Å². The third-order valence-electron chi connectivity index (χ3n) is 5.87. The van der Waals surface area contributed by atoms with Gasteiger partial charge in [-0.2, -0.15) is 0 Å². The Morgan fingerprint density at radius 3 is 2.26 bits per heavy atom. The minimum Gasteiger partial charge on any atom is -0.452 e. The zero-order chi connectivity index (χ0) is 23.1.